The Morgan fingerprint density at radius 2 is 1.92 bits per heavy atom. The third-order valence-corrected chi connectivity index (χ3v) is 3.44. The normalized spacial score (nSPS) is 37.3. The first kappa shape index (κ1) is 8.31. The zero-order chi connectivity index (χ0) is 8.39. The van der Waals surface area contributed by atoms with Crippen LogP contribution in [0.4, 0.5) is 0 Å². The lowest BCUT2D eigenvalue weighted by atomic mass is 9.84. The molecule has 2 atom stereocenters. The average molecular weight is 165 g/mol. The van der Waals surface area contributed by atoms with E-state index in [2.05, 4.69) is 17.6 Å². The van der Waals surface area contributed by atoms with Gasteiger partial charge in [0.05, 0.1) is 0 Å². The van der Waals surface area contributed by atoms with Crippen LogP contribution >= 0.6 is 0 Å². The molecule has 1 nitrogen and oxygen atoms in total. The molecule has 0 spiro atoms. The number of rotatable bonds is 1. The summed E-state index contributed by atoms with van der Waals surface area (Å²) >= 11 is 0. The summed E-state index contributed by atoms with van der Waals surface area (Å²) in [6, 6.07) is 0.852. The van der Waals surface area contributed by atoms with Crippen molar-refractivity contribution in [2.45, 2.75) is 38.1 Å². The van der Waals surface area contributed by atoms with Crippen molar-refractivity contribution in [1.29, 1.82) is 0 Å². The van der Waals surface area contributed by atoms with E-state index in [0.717, 1.165) is 12.0 Å². The number of hydrogen-bond donors (Lipinski definition) is 0. The molecule has 2 aliphatic heterocycles. The van der Waals surface area contributed by atoms with Crippen LogP contribution in [0.1, 0.15) is 32.1 Å². The number of hydrogen-bond acceptors (Lipinski definition) is 1. The fourth-order valence-electron chi connectivity index (χ4n) is 2.78. The first-order valence-electron chi connectivity index (χ1n) is 5.28. The van der Waals surface area contributed by atoms with Gasteiger partial charge in [0.15, 0.2) is 0 Å². The van der Waals surface area contributed by atoms with Gasteiger partial charge in [-0.2, -0.15) is 0 Å². The third kappa shape index (κ3) is 1.42. The first-order valence-corrected chi connectivity index (χ1v) is 5.28. The van der Waals surface area contributed by atoms with Gasteiger partial charge in [-0.15, -0.1) is 6.58 Å². The maximum Gasteiger partial charge on any atom is 0.0158 e. The van der Waals surface area contributed by atoms with E-state index in [1.54, 1.807) is 0 Å². The van der Waals surface area contributed by atoms with Crippen molar-refractivity contribution in [3.8, 4) is 0 Å². The van der Waals surface area contributed by atoms with E-state index in [-0.39, 0.29) is 0 Å². The quantitative estimate of drug-likeness (QED) is 0.539. The van der Waals surface area contributed by atoms with Gasteiger partial charge in [0.1, 0.15) is 0 Å². The fourth-order valence-corrected chi connectivity index (χ4v) is 2.78. The smallest absolute Gasteiger partial charge is 0.0158 e. The van der Waals surface area contributed by atoms with Crippen LogP contribution < -0.4 is 0 Å². The fraction of sp³-hybridized carbons (Fsp3) is 0.818. The van der Waals surface area contributed by atoms with E-state index in [1.165, 1.54) is 45.2 Å². The molecule has 0 amide bonds. The molecule has 0 saturated carbocycles. The van der Waals surface area contributed by atoms with Crippen LogP contribution in [0.3, 0.4) is 0 Å². The molecule has 1 heteroatoms. The highest BCUT2D eigenvalue weighted by Gasteiger charge is 2.30. The van der Waals surface area contributed by atoms with E-state index >= 15 is 0 Å². The van der Waals surface area contributed by atoms with Crippen molar-refractivity contribution in [2.24, 2.45) is 5.92 Å². The van der Waals surface area contributed by atoms with Crippen molar-refractivity contribution in [3.63, 3.8) is 0 Å². The number of piperidine rings is 2. The molecular weight excluding hydrogens is 146 g/mol. The Morgan fingerprint density at radius 1 is 1.08 bits per heavy atom. The highest BCUT2D eigenvalue weighted by molar-refractivity contribution is 4.94. The van der Waals surface area contributed by atoms with Gasteiger partial charge in [-0.3, -0.25) is 4.90 Å². The summed E-state index contributed by atoms with van der Waals surface area (Å²) in [6.45, 7) is 6.63. The maximum atomic E-state index is 3.95. The molecule has 2 heterocycles. The molecule has 12 heavy (non-hydrogen) atoms. The summed E-state index contributed by atoms with van der Waals surface area (Å²) in [7, 11) is 0. The lowest BCUT2D eigenvalue weighted by Crippen LogP contribution is -2.47. The highest BCUT2D eigenvalue weighted by atomic mass is 15.2. The Bertz CT molecular complexity index is 162. The second-order valence-corrected chi connectivity index (χ2v) is 4.14. The van der Waals surface area contributed by atoms with Crippen LogP contribution in [0.5, 0.6) is 0 Å². The van der Waals surface area contributed by atoms with Gasteiger partial charge in [0.25, 0.3) is 0 Å². The van der Waals surface area contributed by atoms with Gasteiger partial charge in [-0.1, -0.05) is 12.5 Å². The summed E-state index contributed by atoms with van der Waals surface area (Å²) < 4.78 is 0. The molecule has 0 bridgehead atoms. The van der Waals surface area contributed by atoms with E-state index in [4.69, 9.17) is 0 Å². The van der Waals surface area contributed by atoms with Gasteiger partial charge in [-0.25, -0.2) is 0 Å². The molecule has 0 radical (unpaired) electrons. The molecule has 2 saturated heterocycles. The highest BCUT2D eigenvalue weighted by Crippen LogP contribution is 2.30. The molecule has 2 rings (SSSR count). The molecule has 0 N–H and O–H groups in total. The topological polar surface area (TPSA) is 3.24 Å². The average Bonchev–Trinajstić information content (AvgIpc) is 2.17. The molecule has 0 aromatic heterocycles. The SMILES string of the molecule is C=C[C@@H]1CCCN2CCCC[C@@H]12. The minimum Gasteiger partial charge on any atom is -0.300 e. The van der Waals surface area contributed by atoms with Gasteiger partial charge < -0.3 is 0 Å². The van der Waals surface area contributed by atoms with Gasteiger partial charge in [-0.05, 0) is 44.7 Å². The standard InChI is InChI=1S/C11H19N/c1-2-10-6-5-9-12-8-4-3-7-11(10)12/h2,10-11H,1,3-9H2/t10-,11+/m1/s1. The first-order chi connectivity index (χ1) is 5.92. The largest absolute Gasteiger partial charge is 0.300 e. The van der Waals surface area contributed by atoms with Crippen LogP contribution in [0, 0.1) is 5.92 Å². The lowest BCUT2D eigenvalue weighted by molar-refractivity contribution is 0.0786. The zero-order valence-electron chi connectivity index (χ0n) is 7.84. The van der Waals surface area contributed by atoms with E-state index in [0.29, 0.717) is 0 Å². The second kappa shape index (κ2) is 3.61. The molecule has 2 aliphatic rings. The molecular formula is C11H19N. The number of fused-ring (bicyclic) bond motifs is 1. The number of nitrogens with zero attached hydrogens (tertiary/aromatic N) is 1. The minimum atomic E-state index is 0.791. The molecule has 0 unspecified atom stereocenters. The summed E-state index contributed by atoms with van der Waals surface area (Å²) in [5.41, 5.74) is 0. The van der Waals surface area contributed by atoms with Crippen LogP contribution in [-0.4, -0.2) is 24.0 Å². The summed E-state index contributed by atoms with van der Waals surface area (Å²) in [4.78, 5) is 2.68. The van der Waals surface area contributed by atoms with Crippen molar-refractivity contribution in [1.82, 2.24) is 4.90 Å². The predicted molar refractivity (Wildman–Crippen MR) is 52.1 cm³/mol. The van der Waals surface area contributed by atoms with E-state index in [1.807, 2.05) is 0 Å². The molecule has 68 valence electrons. The third-order valence-electron chi connectivity index (χ3n) is 3.44. The van der Waals surface area contributed by atoms with Crippen molar-refractivity contribution < 1.29 is 0 Å². The lowest BCUT2D eigenvalue weighted by Gasteiger charge is -2.43. The van der Waals surface area contributed by atoms with E-state index in [9.17, 15) is 0 Å². The predicted octanol–water partition coefficient (Wildman–Crippen LogP) is 2.44. The van der Waals surface area contributed by atoms with Crippen LogP contribution in [0.2, 0.25) is 0 Å². The van der Waals surface area contributed by atoms with Gasteiger partial charge in [0.2, 0.25) is 0 Å². The molecule has 2 fully saturated rings. The van der Waals surface area contributed by atoms with Crippen molar-refractivity contribution >= 4 is 0 Å². The Morgan fingerprint density at radius 3 is 2.75 bits per heavy atom. The summed E-state index contributed by atoms with van der Waals surface area (Å²) in [5, 5.41) is 0. The molecule has 0 aliphatic carbocycles. The molecule has 0 aromatic rings. The van der Waals surface area contributed by atoms with Crippen molar-refractivity contribution in [2.75, 3.05) is 13.1 Å². The molecule has 0 aromatic carbocycles. The van der Waals surface area contributed by atoms with Crippen LogP contribution in [-0.2, 0) is 0 Å². The Labute approximate surface area is 75.4 Å². The van der Waals surface area contributed by atoms with Gasteiger partial charge in [0, 0.05) is 6.04 Å². The summed E-state index contributed by atoms with van der Waals surface area (Å²) in [6.07, 6.45) is 9.21. The van der Waals surface area contributed by atoms with Gasteiger partial charge >= 0.3 is 0 Å². The van der Waals surface area contributed by atoms with Crippen molar-refractivity contribution in [3.05, 3.63) is 12.7 Å². The second-order valence-electron chi connectivity index (χ2n) is 4.14. The Kier molecular flexibility index (Phi) is 2.50. The zero-order valence-corrected chi connectivity index (χ0v) is 7.84. The van der Waals surface area contributed by atoms with Crippen LogP contribution in [0.15, 0.2) is 12.7 Å². The van der Waals surface area contributed by atoms with Crippen LogP contribution in [0.25, 0.3) is 0 Å². The minimum absolute atomic E-state index is 0.791. The maximum absolute atomic E-state index is 3.95. The summed E-state index contributed by atoms with van der Waals surface area (Å²) in [5.74, 6) is 0.791. The Balaban J connectivity index is 2.03. The van der Waals surface area contributed by atoms with E-state index < -0.39 is 0 Å². The monoisotopic (exact) mass is 165 g/mol. The Hall–Kier alpha value is -0.300.